The molecule has 3 nitrogen and oxygen atoms in total. The summed E-state index contributed by atoms with van der Waals surface area (Å²) < 4.78 is 0. The molecule has 12 heavy (non-hydrogen) atoms. The standard InChI is InChI=1S/C9H18N2O/c10-5-7-11-6-3-1-2-4-9(11)8-12/h8-9H,1-7,10H2. The topological polar surface area (TPSA) is 46.3 Å². The van der Waals surface area contributed by atoms with Crippen molar-refractivity contribution in [2.45, 2.75) is 31.7 Å². The Balaban J connectivity index is 2.45. The van der Waals surface area contributed by atoms with E-state index in [4.69, 9.17) is 5.73 Å². The zero-order chi connectivity index (χ0) is 8.81. The lowest BCUT2D eigenvalue weighted by Gasteiger charge is -2.24. The van der Waals surface area contributed by atoms with Crippen molar-refractivity contribution in [2.75, 3.05) is 19.6 Å². The summed E-state index contributed by atoms with van der Waals surface area (Å²) in [7, 11) is 0. The van der Waals surface area contributed by atoms with Crippen molar-refractivity contribution in [3.05, 3.63) is 0 Å². The number of hydrogen-bond acceptors (Lipinski definition) is 3. The van der Waals surface area contributed by atoms with E-state index >= 15 is 0 Å². The number of rotatable bonds is 3. The highest BCUT2D eigenvalue weighted by atomic mass is 16.1. The molecule has 1 rings (SSSR count). The number of carbonyl (C=O) groups is 1. The zero-order valence-electron chi connectivity index (χ0n) is 7.54. The van der Waals surface area contributed by atoms with Crippen molar-refractivity contribution >= 4 is 6.29 Å². The van der Waals surface area contributed by atoms with Gasteiger partial charge in [-0.05, 0) is 19.4 Å². The van der Waals surface area contributed by atoms with Crippen LogP contribution in [0.2, 0.25) is 0 Å². The quantitative estimate of drug-likeness (QED) is 0.623. The first-order chi connectivity index (χ1) is 5.88. The molecule has 0 aliphatic carbocycles. The summed E-state index contributed by atoms with van der Waals surface area (Å²) in [5.41, 5.74) is 5.47. The van der Waals surface area contributed by atoms with Crippen LogP contribution in [0.5, 0.6) is 0 Å². The van der Waals surface area contributed by atoms with Crippen LogP contribution in [0.3, 0.4) is 0 Å². The van der Waals surface area contributed by atoms with Gasteiger partial charge in [0.25, 0.3) is 0 Å². The minimum Gasteiger partial charge on any atom is -0.329 e. The van der Waals surface area contributed by atoms with Gasteiger partial charge in [0.15, 0.2) is 0 Å². The molecule has 1 saturated heterocycles. The van der Waals surface area contributed by atoms with E-state index in [1.807, 2.05) is 0 Å². The average Bonchev–Trinajstić information content (AvgIpc) is 2.30. The van der Waals surface area contributed by atoms with Crippen LogP contribution in [0.15, 0.2) is 0 Å². The van der Waals surface area contributed by atoms with E-state index in [1.54, 1.807) is 0 Å². The fourth-order valence-electron chi connectivity index (χ4n) is 1.79. The van der Waals surface area contributed by atoms with Crippen molar-refractivity contribution in [1.82, 2.24) is 4.90 Å². The van der Waals surface area contributed by atoms with E-state index in [9.17, 15) is 4.79 Å². The molecule has 3 heteroatoms. The third-order valence-electron chi connectivity index (χ3n) is 2.49. The van der Waals surface area contributed by atoms with Crippen LogP contribution in [0.25, 0.3) is 0 Å². The maximum Gasteiger partial charge on any atom is 0.137 e. The zero-order valence-corrected chi connectivity index (χ0v) is 7.54. The Hall–Kier alpha value is -0.410. The second-order valence-electron chi connectivity index (χ2n) is 3.38. The SMILES string of the molecule is NCCN1CCCCCC1C=O. The molecule has 0 saturated carbocycles. The molecule has 0 aromatic heterocycles. The summed E-state index contributed by atoms with van der Waals surface area (Å²) in [6.45, 7) is 2.56. The maximum atomic E-state index is 10.7. The fraction of sp³-hybridized carbons (Fsp3) is 0.889. The van der Waals surface area contributed by atoms with Gasteiger partial charge in [-0.3, -0.25) is 4.90 Å². The lowest BCUT2D eigenvalue weighted by atomic mass is 10.1. The molecule has 1 aliphatic heterocycles. The Morgan fingerprint density at radius 2 is 2.25 bits per heavy atom. The predicted molar refractivity (Wildman–Crippen MR) is 48.9 cm³/mol. The minimum absolute atomic E-state index is 0.135. The van der Waals surface area contributed by atoms with Crippen LogP contribution in [0.4, 0.5) is 0 Å². The molecule has 1 atom stereocenters. The molecule has 1 unspecified atom stereocenters. The number of aldehydes is 1. The largest absolute Gasteiger partial charge is 0.329 e. The van der Waals surface area contributed by atoms with Gasteiger partial charge in [0.2, 0.25) is 0 Å². The Morgan fingerprint density at radius 1 is 1.42 bits per heavy atom. The van der Waals surface area contributed by atoms with Crippen molar-refractivity contribution in [3.8, 4) is 0 Å². The normalized spacial score (nSPS) is 26.6. The third kappa shape index (κ3) is 2.57. The van der Waals surface area contributed by atoms with Crippen LogP contribution in [0, 0.1) is 0 Å². The summed E-state index contributed by atoms with van der Waals surface area (Å²) in [4.78, 5) is 12.9. The number of likely N-dealkylation sites (tertiary alicyclic amines) is 1. The van der Waals surface area contributed by atoms with Crippen LogP contribution in [-0.2, 0) is 4.79 Å². The van der Waals surface area contributed by atoms with E-state index in [-0.39, 0.29) is 6.04 Å². The summed E-state index contributed by atoms with van der Waals surface area (Å²) in [5, 5.41) is 0. The van der Waals surface area contributed by atoms with E-state index < -0.39 is 0 Å². The number of nitrogens with zero attached hydrogens (tertiary/aromatic N) is 1. The van der Waals surface area contributed by atoms with Crippen molar-refractivity contribution in [2.24, 2.45) is 5.73 Å². The molecular weight excluding hydrogens is 152 g/mol. The van der Waals surface area contributed by atoms with Gasteiger partial charge in [0.1, 0.15) is 6.29 Å². The Labute approximate surface area is 73.9 Å². The second kappa shape index (κ2) is 5.27. The van der Waals surface area contributed by atoms with Gasteiger partial charge in [-0.1, -0.05) is 12.8 Å². The smallest absolute Gasteiger partial charge is 0.137 e. The number of nitrogens with two attached hydrogens (primary N) is 1. The fourth-order valence-corrected chi connectivity index (χ4v) is 1.79. The first-order valence-electron chi connectivity index (χ1n) is 4.78. The van der Waals surface area contributed by atoms with Crippen molar-refractivity contribution in [1.29, 1.82) is 0 Å². The third-order valence-corrected chi connectivity index (χ3v) is 2.49. The van der Waals surface area contributed by atoms with E-state index in [0.717, 1.165) is 25.8 Å². The molecular formula is C9H18N2O. The summed E-state index contributed by atoms with van der Waals surface area (Å²) in [5.74, 6) is 0. The van der Waals surface area contributed by atoms with Gasteiger partial charge in [-0.2, -0.15) is 0 Å². The first kappa shape index (κ1) is 9.68. The first-order valence-corrected chi connectivity index (χ1v) is 4.78. The average molecular weight is 170 g/mol. The van der Waals surface area contributed by atoms with Gasteiger partial charge in [0.05, 0.1) is 6.04 Å². The Bertz CT molecular complexity index is 138. The molecule has 70 valence electrons. The lowest BCUT2D eigenvalue weighted by Crippen LogP contribution is -2.39. The Morgan fingerprint density at radius 3 is 2.92 bits per heavy atom. The van der Waals surface area contributed by atoms with Gasteiger partial charge in [-0.25, -0.2) is 0 Å². The molecule has 0 aromatic carbocycles. The van der Waals surface area contributed by atoms with Gasteiger partial charge in [0, 0.05) is 13.1 Å². The summed E-state index contributed by atoms with van der Waals surface area (Å²) in [6.07, 6.45) is 5.74. The van der Waals surface area contributed by atoms with Gasteiger partial charge >= 0.3 is 0 Å². The molecule has 0 aromatic rings. The maximum absolute atomic E-state index is 10.7. The molecule has 2 N–H and O–H groups in total. The van der Waals surface area contributed by atoms with E-state index in [0.29, 0.717) is 6.54 Å². The van der Waals surface area contributed by atoms with Crippen molar-refractivity contribution < 1.29 is 4.79 Å². The van der Waals surface area contributed by atoms with Crippen LogP contribution < -0.4 is 5.73 Å². The van der Waals surface area contributed by atoms with Crippen LogP contribution in [-0.4, -0.2) is 36.9 Å². The predicted octanol–water partition coefficient (Wildman–Crippen LogP) is 0.389. The summed E-state index contributed by atoms with van der Waals surface area (Å²) in [6, 6.07) is 0.135. The van der Waals surface area contributed by atoms with E-state index in [1.165, 1.54) is 19.3 Å². The monoisotopic (exact) mass is 170 g/mol. The number of carbonyl (C=O) groups excluding carboxylic acids is 1. The summed E-state index contributed by atoms with van der Waals surface area (Å²) >= 11 is 0. The molecule has 0 radical (unpaired) electrons. The Kier molecular flexibility index (Phi) is 4.25. The highest BCUT2D eigenvalue weighted by Crippen LogP contribution is 2.14. The van der Waals surface area contributed by atoms with Crippen LogP contribution >= 0.6 is 0 Å². The lowest BCUT2D eigenvalue weighted by molar-refractivity contribution is -0.112. The molecule has 0 bridgehead atoms. The highest BCUT2D eigenvalue weighted by Gasteiger charge is 2.18. The van der Waals surface area contributed by atoms with E-state index in [2.05, 4.69) is 4.90 Å². The van der Waals surface area contributed by atoms with Crippen LogP contribution in [0.1, 0.15) is 25.7 Å². The van der Waals surface area contributed by atoms with Gasteiger partial charge < -0.3 is 10.5 Å². The number of hydrogen-bond donors (Lipinski definition) is 1. The molecule has 1 fully saturated rings. The second-order valence-corrected chi connectivity index (χ2v) is 3.38. The molecule has 0 spiro atoms. The molecule has 1 heterocycles. The van der Waals surface area contributed by atoms with Crippen molar-refractivity contribution in [3.63, 3.8) is 0 Å². The molecule has 0 amide bonds. The minimum atomic E-state index is 0.135. The molecule has 1 aliphatic rings. The van der Waals surface area contributed by atoms with Gasteiger partial charge in [-0.15, -0.1) is 0 Å². The highest BCUT2D eigenvalue weighted by molar-refractivity contribution is 5.57.